The van der Waals surface area contributed by atoms with Crippen molar-refractivity contribution in [1.29, 1.82) is 0 Å². The van der Waals surface area contributed by atoms with E-state index in [0.29, 0.717) is 5.92 Å². The van der Waals surface area contributed by atoms with Crippen LogP contribution in [0.4, 0.5) is 13.2 Å². The van der Waals surface area contributed by atoms with Crippen molar-refractivity contribution in [1.82, 2.24) is 5.32 Å². The van der Waals surface area contributed by atoms with Gasteiger partial charge in [0.1, 0.15) is 0 Å². The Balaban J connectivity index is 2.52. The second kappa shape index (κ2) is 4.70. The molecule has 0 radical (unpaired) electrons. The highest BCUT2D eigenvalue weighted by Crippen LogP contribution is 2.32. The van der Waals surface area contributed by atoms with Crippen LogP contribution in [-0.4, -0.2) is 24.8 Å². The van der Waals surface area contributed by atoms with Crippen LogP contribution in [0.15, 0.2) is 0 Å². The van der Waals surface area contributed by atoms with E-state index in [9.17, 15) is 13.2 Å². The minimum absolute atomic E-state index is 0.285. The van der Waals surface area contributed by atoms with Crippen LogP contribution in [0.1, 0.15) is 32.6 Å². The lowest BCUT2D eigenvalue weighted by atomic mass is 9.76. The first-order valence-corrected chi connectivity index (χ1v) is 5.39. The molecule has 1 fully saturated rings. The maximum Gasteiger partial charge on any atom is 0.401 e. The van der Waals surface area contributed by atoms with Crippen molar-refractivity contribution in [3.8, 4) is 0 Å². The van der Waals surface area contributed by atoms with Crippen molar-refractivity contribution in [2.45, 2.75) is 44.3 Å². The molecule has 15 heavy (non-hydrogen) atoms. The molecule has 0 bridgehead atoms. The zero-order valence-corrected chi connectivity index (χ0v) is 9.03. The largest absolute Gasteiger partial charge is 0.401 e. The highest BCUT2D eigenvalue weighted by atomic mass is 19.4. The van der Waals surface area contributed by atoms with E-state index in [-0.39, 0.29) is 6.54 Å². The Morgan fingerprint density at radius 2 is 2.13 bits per heavy atom. The van der Waals surface area contributed by atoms with Gasteiger partial charge >= 0.3 is 6.18 Å². The van der Waals surface area contributed by atoms with Crippen LogP contribution in [-0.2, 0) is 0 Å². The summed E-state index contributed by atoms with van der Waals surface area (Å²) >= 11 is 0. The minimum atomic E-state index is -4.15. The molecule has 5 heteroatoms. The van der Waals surface area contributed by atoms with Gasteiger partial charge in [-0.2, -0.15) is 13.2 Å². The van der Waals surface area contributed by atoms with Crippen LogP contribution < -0.4 is 11.1 Å². The number of nitrogens with two attached hydrogens (primary N) is 1. The summed E-state index contributed by atoms with van der Waals surface area (Å²) in [6.07, 6.45) is -0.592. The quantitative estimate of drug-likeness (QED) is 0.770. The predicted molar refractivity (Wildman–Crippen MR) is 53.5 cm³/mol. The maximum absolute atomic E-state index is 12.1. The smallest absolute Gasteiger partial charge is 0.329 e. The topological polar surface area (TPSA) is 38.0 Å². The number of rotatable bonds is 3. The number of halogens is 3. The van der Waals surface area contributed by atoms with E-state index in [2.05, 4.69) is 12.2 Å². The molecule has 0 saturated heterocycles. The first-order valence-electron chi connectivity index (χ1n) is 5.39. The summed E-state index contributed by atoms with van der Waals surface area (Å²) in [7, 11) is 0. The molecule has 1 aliphatic carbocycles. The fraction of sp³-hybridized carbons (Fsp3) is 1.00. The third-order valence-corrected chi connectivity index (χ3v) is 3.15. The molecule has 3 N–H and O–H groups in total. The van der Waals surface area contributed by atoms with Gasteiger partial charge in [0.15, 0.2) is 0 Å². The van der Waals surface area contributed by atoms with Crippen LogP contribution in [0, 0.1) is 5.92 Å². The summed E-state index contributed by atoms with van der Waals surface area (Å²) in [5.41, 5.74) is 5.11. The number of hydrogen-bond donors (Lipinski definition) is 2. The van der Waals surface area contributed by atoms with Crippen molar-refractivity contribution >= 4 is 0 Å². The summed E-state index contributed by atoms with van der Waals surface area (Å²) in [4.78, 5) is 0. The fourth-order valence-corrected chi connectivity index (χ4v) is 2.37. The minimum Gasteiger partial charge on any atom is -0.329 e. The Hall–Kier alpha value is -0.290. The van der Waals surface area contributed by atoms with E-state index >= 15 is 0 Å². The third-order valence-electron chi connectivity index (χ3n) is 3.15. The molecule has 2 atom stereocenters. The lowest BCUT2D eigenvalue weighted by Gasteiger charge is -2.40. The molecule has 0 aromatic carbocycles. The maximum atomic E-state index is 12.1. The summed E-state index contributed by atoms with van der Waals surface area (Å²) < 4.78 is 36.3. The van der Waals surface area contributed by atoms with Gasteiger partial charge in [0.25, 0.3) is 0 Å². The molecule has 2 nitrogen and oxygen atoms in total. The normalized spacial score (nSPS) is 33.0. The molecule has 1 rings (SSSR count). The van der Waals surface area contributed by atoms with Crippen LogP contribution in [0.2, 0.25) is 0 Å². The van der Waals surface area contributed by atoms with E-state index in [4.69, 9.17) is 5.73 Å². The van der Waals surface area contributed by atoms with Crippen LogP contribution in [0.3, 0.4) is 0 Å². The van der Waals surface area contributed by atoms with Gasteiger partial charge in [-0.15, -0.1) is 0 Å². The lowest BCUT2D eigenvalue weighted by molar-refractivity contribution is -0.129. The fourth-order valence-electron chi connectivity index (χ4n) is 2.37. The van der Waals surface area contributed by atoms with E-state index in [1.54, 1.807) is 0 Å². The van der Waals surface area contributed by atoms with Gasteiger partial charge in [-0.25, -0.2) is 0 Å². The molecule has 1 aliphatic rings. The molecule has 0 aromatic rings. The SMILES string of the molecule is CC1CCCC(CN)(NCC(F)(F)F)C1. The van der Waals surface area contributed by atoms with E-state index < -0.39 is 18.3 Å². The summed E-state index contributed by atoms with van der Waals surface area (Å²) in [6.45, 7) is 1.42. The van der Waals surface area contributed by atoms with Crippen molar-refractivity contribution < 1.29 is 13.2 Å². The highest BCUT2D eigenvalue weighted by Gasteiger charge is 2.37. The van der Waals surface area contributed by atoms with Crippen molar-refractivity contribution in [2.75, 3.05) is 13.1 Å². The van der Waals surface area contributed by atoms with Crippen molar-refractivity contribution in [2.24, 2.45) is 11.7 Å². The van der Waals surface area contributed by atoms with Crippen LogP contribution in [0.25, 0.3) is 0 Å². The molecule has 0 heterocycles. The van der Waals surface area contributed by atoms with E-state index in [0.717, 1.165) is 25.7 Å². The highest BCUT2D eigenvalue weighted by molar-refractivity contribution is 4.94. The summed E-state index contributed by atoms with van der Waals surface area (Å²) in [6, 6.07) is 0. The Morgan fingerprint density at radius 1 is 1.47 bits per heavy atom. The van der Waals surface area contributed by atoms with Crippen molar-refractivity contribution in [3.05, 3.63) is 0 Å². The van der Waals surface area contributed by atoms with Gasteiger partial charge in [-0.1, -0.05) is 19.8 Å². The van der Waals surface area contributed by atoms with Crippen LogP contribution >= 0.6 is 0 Å². The van der Waals surface area contributed by atoms with Gasteiger partial charge in [-0.3, -0.25) is 0 Å². The lowest BCUT2D eigenvalue weighted by Crippen LogP contribution is -2.56. The van der Waals surface area contributed by atoms with Gasteiger partial charge in [-0.05, 0) is 18.8 Å². The second-order valence-electron chi connectivity index (χ2n) is 4.65. The molecule has 0 aromatic heterocycles. The molecule has 2 unspecified atom stereocenters. The molecule has 0 aliphatic heterocycles. The second-order valence-corrected chi connectivity index (χ2v) is 4.65. The first-order chi connectivity index (χ1) is 6.87. The Labute approximate surface area is 88.4 Å². The number of nitrogens with one attached hydrogen (secondary N) is 1. The average molecular weight is 224 g/mol. The molecule has 90 valence electrons. The zero-order chi connectivity index (χ0) is 11.5. The molecular formula is C10H19F3N2. The average Bonchev–Trinajstić information content (AvgIpc) is 2.14. The van der Waals surface area contributed by atoms with Gasteiger partial charge < -0.3 is 11.1 Å². The third kappa shape index (κ3) is 3.99. The Bertz CT molecular complexity index is 205. The molecule has 1 saturated carbocycles. The van der Waals surface area contributed by atoms with Gasteiger partial charge in [0, 0.05) is 12.1 Å². The number of alkyl halides is 3. The van der Waals surface area contributed by atoms with E-state index in [1.165, 1.54) is 0 Å². The van der Waals surface area contributed by atoms with Gasteiger partial charge in [0.05, 0.1) is 6.54 Å². The molecular weight excluding hydrogens is 205 g/mol. The zero-order valence-electron chi connectivity index (χ0n) is 9.03. The monoisotopic (exact) mass is 224 g/mol. The van der Waals surface area contributed by atoms with E-state index in [1.807, 2.05) is 0 Å². The Morgan fingerprint density at radius 3 is 2.60 bits per heavy atom. The summed E-state index contributed by atoms with van der Waals surface area (Å²) in [5, 5.41) is 2.61. The predicted octanol–water partition coefficient (Wildman–Crippen LogP) is 2.05. The first kappa shape index (κ1) is 12.8. The molecule has 0 amide bonds. The molecule has 0 spiro atoms. The number of hydrogen-bond acceptors (Lipinski definition) is 2. The standard InChI is InChI=1S/C10H19F3N2/c1-8-3-2-4-9(5-8,6-14)15-7-10(11,12)13/h8,15H,2-7,14H2,1H3. The van der Waals surface area contributed by atoms with Crippen molar-refractivity contribution in [3.63, 3.8) is 0 Å². The Kier molecular flexibility index (Phi) is 4.00. The van der Waals surface area contributed by atoms with Gasteiger partial charge in [0.2, 0.25) is 0 Å². The van der Waals surface area contributed by atoms with Crippen LogP contribution in [0.5, 0.6) is 0 Å². The summed E-state index contributed by atoms with van der Waals surface area (Å²) in [5.74, 6) is 0.461.